The molecule has 0 bridgehead atoms. The average Bonchev–Trinajstić information content (AvgIpc) is 2.34. The highest BCUT2D eigenvalue weighted by atomic mass is 35.5. The molecule has 0 spiro atoms. The number of halogens is 2. The predicted octanol–water partition coefficient (Wildman–Crippen LogP) is 4.21. The van der Waals surface area contributed by atoms with Crippen LogP contribution in [-0.4, -0.2) is 4.99 Å². The molecule has 0 amide bonds. The fourth-order valence-electron chi connectivity index (χ4n) is 1.65. The van der Waals surface area contributed by atoms with Crippen molar-refractivity contribution in [2.45, 2.75) is 6.92 Å². The molecule has 2 rings (SSSR count). The third kappa shape index (κ3) is 3.03. The van der Waals surface area contributed by atoms with Gasteiger partial charge in [0.2, 0.25) is 0 Å². The summed E-state index contributed by atoms with van der Waals surface area (Å²) in [6.45, 7) is 1.87. The van der Waals surface area contributed by atoms with Crippen LogP contribution in [0, 0.1) is 12.7 Å². The maximum Gasteiger partial charge on any atom is 0.146 e. The lowest BCUT2D eigenvalue weighted by Crippen LogP contribution is -2.11. The van der Waals surface area contributed by atoms with Crippen molar-refractivity contribution in [3.63, 3.8) is 0 Å². The topological polar surface area (TPSA) is 35.2 Å². The van der Waals surface area contributed by atoms with Crippen LogP contribution in [0.15, 0.2) is 36.4 Å². The van der Waals surface area contributed by atoms with Crippen molar-refractivity contribution >= 4 is 28.8 Å². The molecule has 0 aliphatic rings. The lowest BCUT2D eigenvalue weighted by Gasteiger charge is -2.14. The van der Waals surface area contributed by atoms with Crippen molar-refractivity contribution in [3.8, 4) is 11.5 Å². The van der Waals surface area contributed by atoms with E-state index in [1.165, 1.54) is 18.2 Å². The summed E-state index contributed by atoms with van der Waals surface area (Å²) in [5.41, 5.74) is 7.14. The molecule has 0 heterocycles. The van der Waals surface area contributed by atoms with Gasteiger partial charge in [0, 0.05) is 0 Å². The monoisotopic (exact) mass is 295 g/mol. The van der Waals surface area contributed by atoms with E-state index in [-0.39, 0.29) is 10.0 Å². The largest absolute Gasteiger partial charge is 0.455 e. The fourth-order valence-corrected chi connectivity index (χ4v) is 2.02. The van der Waals surface area contributed by atoms with E-state index in [4.69, 9.17) is 34.3 Å². The molecule has 0 aromatic heterocycles. The molecule has 0 unspecified atom stereocenters. The van der Waals surface area contributed by atoms with Gasteiger partial charge in [-0.25, -0.2) is 4.39 Å². The summed E-state index contributed by atoms with van der Waals surface area (Å²) >= 11 is 10.9. The maximum absolute atomic E-state index is 13.0. The zero-order valence-corrected chi connectivity index (χ0v) is 11.7. The van der Waals surface area contributed by atoms with Gasteiger partial charge in [-0.2, -0.15) is 0 Å². The molecule has 2 aromatic rings. The Morgan fingerprint density at radius 2 is 2.05 bits per heavy atom. The first-order valence-electron chi connectivity index (χ1n) is 5.51. The second kappa shape index (κ2) is 5.55. The Balaban J connectivity index is 2.46. The van der Waals surface area contributed by atoms with E-state index in [1.807, 2.05) is 19.1 Å². The molecule has 2 aromatic carbocycles. The van der Waals surface area contributed by atoms with Gasteiger partial charge in [-0.05, 0) is 36.8 Å². The first kappa shape index (κ1) is 13.8. The fraction of sp³-hybridized carbons (Fsp3) is 0.0714. The Morgan fingerprint density at radius 3 is 2.68 bits per heavy atom. The van der Waals surface area contributed by atoms with E-state index in [0.717, 1.165) is 5.56 Å². The van der Waals surface area contributed by atoms with Gasteiger partial charge >= 0.3 is 0 Å². The zero-order chi connectivity index (χ0) is 14.0. The Morgan fingerprint density at radius 1 is 1.32 bits per heavy atom. The zero-order valence-electron chi connectivity index (χ0n) is 10.1. The smallest absolute Gasteiger partial charge is 0.146 e. The molecular weight excluding hydrogens is 285 g/mol. The highest BCUT2D eigenvalue weighted by Crippen LogP contribution is 2.33. The first-order valence-corrected chi connectivity index (χ1v) is 6.30. The molecular formula is C14H11ClFNOS. The van der Waals surface area contributed by atoms with Gasteiger partial charge in [0.15, 0.2) is 0 Å². The molecule has 0 radical (unpaired) electrons. The van der Waals surface area contributed by atoms with Crippen LogP contribution in [0.25, 0.3) is 0 Å². The first-order chi connectivity index (χ1) is 8.99. The molecule has 0 aliphatic carbocycles. The molecule has 0 fully saturated rings. The van der Waals surface area contributed by atoms with Crippen LogP contribution in [0.1, 0.15) is 11.1 Å². The van der Waals surface area contributed by atoms with Gasteiger partial charge in [-0.3, -0.25) is 0 Å². The predicted molar refractivity (Wildman–Crippen MR) is 78.6 cm³/mol. The summed E-state index contributed by atoms with van der Waals surface area (Å²) in [6.07, 6.45) is 0. The number of hydrogen-bond acceptors (Lipinski definition) is 2. The highest BCUT2D eigenvalue weighted by molar-refractivity contribution is 7.80. The Labute approximate surface area is 120 Å². The van der Waals surface area contributed by atoms with Gasteiger partial charge < -0.3 is 10.5 Å². The Hall–Kier alpha value is -1.65. The van der Waals surface area contributed by atoms with Crippen LogP contribution in [-0.2, 0) is 0 Å². The number of aryl methyl sites for hydroxylation is 1. The summed E-state index contributed by atoms with van der Waals surface area (Å²) in [7, 11) is 0. The van der Waals surface area contributed by atoms with E-state index in [2.05, 4.69) is 0 Å². The SMILES string of the molecule is Cc1cccc(C(N)=S)c1Oc1ccc(F)cc1Cl. The molecule has 98 valence electrons. The molecule has 0 atom stereocenters. The Kier molecular flexibility index (Phi) is 4.02. The van der Waals surface area contributed by atoms with E-state index in [0.29, 0.717) is 17.1 Å². The van der Waals surface area contributed by atoms with Crippen molar-refractivity contribution in [2.75, 3.05) is 0 Å². The lowest BCUT2D eigenvalue weighted by atomic mass is 10.1. The van der Waals surface area contributed by atoms with Crippen molar-refractivity contribution in [1.29, 1.82) is 0 Å². The number of benzene rings is 2. The summed E-state index contributed by atoms with van der Waals surface area (Å²) in [4.78, 5) is 0.233. The van der Waals surface area contributed by atoms with Crippen LogP contribution in [0.5, 0.6) is 11.5 Å². The molecule has 2 nitrogen and oxygen atoms in total. The summed E-state index contributed by atoms with van der Waals surface area (Å²) in [6, 6.07) is 9.41. The normalized spacial score (nSPS) is 10.3. The molecule has 5 heteroatoms. The highest BCUT2D eigenvalue weighted by Gasteiger charge is 2.12. The van der Waals surface area contributed by atoms with Gasteiger partial charge in [-0.15, -0.1) is 0 Å². The van der Waals surface area contributed by atoms with Crippen molar-refractivity contribution in [3.05, 3.63) is 58.4 Å². The molecule has 0 saturated carbocycles. The number of rotatable bonds is 3. The number of ether oxygens (including phenoxy) is 1. The summed E-state index contributed by atoms with van der Waals surface area (Å²) < 4.78 is 18.7. The van der Waals surface area contributed by atoms with Crippen LogP contribution in [0.2, 0.25) is 5.02 Å². The van der Waals surface area contributed by atoms with Crippen molar-refractivity contribution < 1.29 is 9.13 Å². The number of nitrogens with two attached hydrogens (primary N) is 1. The quantitative estimate of drug-likeness (QED) is 0.861. The third-order valence-corrected chi connectivity index (χ3v) is 3.10. The maximum atomic E-state index is 13.0. The number of para-hydroxylation sites is 1. The Bertz CT molecular complexity index is 645. The van der Waals surface area contributed by atoms with Crippen molar-refractivity contribution in [2.24, 2.45) is 5.73 Å². The van der Waals surface area contributed by atoms with E-state index < -0.39 is 5.82 Å². The van der Waals surface area contributed by atoms with Gasteiger partial charge in [0.05, 0.1) is 10.6 Å². The second-order valence-corrected chi connectivity index (χ2v) is 4.84. The minimum atomic E-state index is -0.420. The average molecular weight is 296 g/mol. The minimum Gasteiger partial charge on any atom is -0.455 e. The third-order valence-electron chi connectivity index (χ3n) is 2.58. The van der Waals surface area contributed by atoms with Crippen molar-refractivity contribution in [1.82, 2.24) is 0 Å². The molecule has 0 aliphatic heterocycles. The van der Waals surface area contributed by atoms with Gasteiger partial charge in [0.25, 0.3) is 0 Å². The standard InChI is InChI=1S/C14H11ClFNOS/c1-8-3-2-4-10(14(17)19)13(8)18-12-6-5-9(16)7-11(12)15/h2-7H,1H3,(H2,17,19). The van der Waals surface area contributed by atoms with E-state index >= 15 is 0 Å². The van der Waals surface area contributed by atoms with E-state index in [1.54, 1.807) is 6.07 Å². The van der Waals surface area contributed by atoms with Crippen LogP contribution in [0.3, 0.4) is 0 Å². The number of hydrogen-bond donors (Lipinski definition) is 1. The van der Waals surface area contributed by atoms with Crippen LogP contribution < -0.4 is 10.5 Å². The van der Waals surface area contributed by atoms with Gasteiger partial charge in [0.1, 0.15) is 22.3 Å². The second-order valence-electron chi connectivity index (χ2n) is 3.99. The molecule has 0 saturated heterocycles. The van der Waals surface area contributed by atoms with E-state index in [9.17, 15) is 4.39 Å². The van der Waals surface area contributed by atoms with Gasteiger partial charge in [-0.1, -0.05) is 36.0 Å². The van der Waals surface area contributed by atoms with Crippen LogP contribution in [0.4, 0.5) is 4.39 Å². The molecule has 19 heavy (non-hydrogen) atoms. The van der Waals surface area contributed by atoms with Crippen LogP contribution >= 0.6 is 23.8 Å². The molecule has 2 N–H and O–H groups in total. The number of thiocarbonyl (C=S) groups is 1. The summed E-state index contributed by atoms with van der Waals surface area (Å²) in [5.74, 6) is 0.468. The lowest BCUT2D eigenvalue weighted by molar-refractivity contribution is 0.476. The minimum absolute atomic E-state index is 0.192. The summed E-state index contributed by atoms with van der Waals surface area (Å²) in [5, 5.41) is 0.192.